The quantitative estimate of drug-likeness (QED) is 0.544. The molecule has 0 atom stereocenters. The van der Waals surface area contributed by atoms with E-state index in [0.29, 0.717) is 19.3 Å². The molecule has 100 valence electrons. The van der Waals surface area contributed by atoms with E-state index in [0.717, 1.165) is 19.3 Å². The van der Waals surface area contributed by atoms with Crippen LogP contribution in [0, 0.1) is 5.92 Å². The molecule has 0 aromatic heterocycles. The summed E-state index contributed by atoms with van der Waals surface area (Å²) in [6.07, 6.45) is 8.87. The molecule has 2 nitrogen and oxygen atoms in total. The van der Waals surface area contributed by atoms with Crippen LogP contribution >= 0.6 is 0 Å². The third-order valence-corrected chi connectivity index (χ3v) is 3.42. The summed E-state index contributed by atoms with van der Waals surface area (Å²) in [6.45, 7) is 6.27. The van der Waals surface area contributed by atoms with Crippen LogP contribution < -0.4 is 0 Å². The van der Waals surface area contributed by atoms with Gasteiger partial charge in [0.25, 0.3) is 0 Å². The highest BCUT2D eigenvalue weighted by atomic mass is 16.2. The van der Waals surface area contributed by atoms with Crippen LogP contribution in [0.15, 0.2) is 23.3 Å². The van der Waals surface area contributed by atoms with Crippen molar-refractivity contribution in [1.82, 2.24) is 0 Å². The Balaban J connectivity index is 2.44. The molecular weight excluding hydrogens is 224 g/mol. The molecule has 0 radical (unpaired) electrons. The van der Waals surface area contributed by atoms with E-state index in [1.807, 2.05) is 0 Å². The number of carbonyl (C=O) groups excluding carboxylic acids is 2. The summed E-state index contributed by atoms with van der Waals surface area (Å²) >= 11 is 0. The van der Waals surface area contributed by atoms with Crippen LogP contribution in [0.4, 0.5) is 0 Å². The minimum Gasteiger partial charge on any atom is -0.299 e. The van der Waals surface area contributed by atoms with E-state index < -0.39 is 0 Å². The molecule has 0 unspecified atom stereocenters. The molecule has 0 saturated heterocycles. The van der Waals surface area contributed by atoms with Crippen molar-refractivity contribution in [3.05, 3.63) is 23.3 Å². The van der Waals surface area contributed by atoms with Gasteiger partial charge in [-0.25, -0.2) is 0 Å². The fourth-order valence-electron chi connectivity index (χ4n) is 2.24. The lowest BCUT2D eigenvalue weighted by Gasteiger charge is -2.17. The van der Waals surface area contributed by atoms with Gasteiger partial charge in [-0.1, -0.05) is 23.3 Å². The Labute approximate surface area is 110 Å². The third-order valence-electron chi connectivity index (χ3n) is 3.42. The lowest BCUT2D eigenvalue weighted by Crippen LogP contribution is -2.28. The first-order chi connectivity index (χ1) is 8.50. The van der Waals surface area contributed by atoms with Gasteiger partial charge in [0.15, 0.2) is 0 Å². The predicted octanol–water partition coefficient (Wildman–Crippen LogP) is 4.01. The van der Waals surface area contributed by atoms with Gasteiger partial charge in [0.2, 0.25) is 0 Å². The van der Waals surface area contributed by atoms with E-state index >= 15 is 0 Å². The maximum absolute atomic E-state index is 11.7. The van der Waals surface area contributed by atoms with Crippen LogP contribution in [0.1, 0.15) is 59.3 Å². The average molecular weight is 248 g/mol. The zero-order chi connectivity index (χ0) is 13.5. The summed E-state index contributed by atoms with van der Waals surface area (Å²) in [5.74, 6) is -0.0728. The van der Waals surface area contributed by atoms with Crippen LogP contribution in [-0.2, 0) is 9.59 Å². The molecule has 1 rings (SSSR count). The third kappa shape index (κ3) is 4.99. The normalized spacial score (nSPS) is 18.1. The minimum atomic E-state index is -0.350. The summed E-state index contributed by atoms with van der Waals surface area (Å²) < 4.78 is 0. The number of hydrogen-bond donors (Lipinski definition) is 0. The van der Waals surface area contributed by atoms with Crippen molar-refractivity contribution in [2.75, 3.05) is 0 Å². The monoisotopic (exact) mass is 248 g/mol. The second kappa shape index (κ2) is 7.30. The van der Waals surface area contributed by atoms with Crippen molar-refractivity contribution in [1.29, 1.82) is 0 Å². The van der Waals surface area contributed by atoms with Crippen molar-refractivity contribution in [2.45, 2.75) is 59.3 Å². The smallest absolute Gasteiger partial charge is 0.143 e. The minimum absolute atomic E-state index is 0.139. The van der Waals surface area contributed by atoms with Crippen LogP contribution in [0.5, 0.6) is 0 Å². The SMILES string of the molecule is CC(C)=CCCC(C)=CCC1C(=O)CCCC1=O. The van der Waals surface area contributed by atoms with E-state index in [4.69, 9.17) is 0 Å². The molecular formula is C16H24O2. The largest absolute Gasteiger partial charge is 0.299 e. The van der Waals surface area contributed by atoms with E-state index in [9.17, 15) is 9.59 Å². The summed E-state index contributed by atoms with van der Waals surface area (Å²) in [6, 6.07) is 0. The maximum atomic E-state index is 11.7. The predicted molar refractivity (Wildman–Crippen MR) is 74.4 cm³/mol. The van der Waals surface area contributed by atoms with Gasteiger partial charge in [-0.05, 0) is 46.5 Å². The Morgan fingerprint density at radius 2 is 1.72 bits per heavy atom. The van der Waals surface area contributed by atoms with Crippen molar-refractivity contribution < 1.29 is 9.59 Å². The van der Waals surface area contributed by atoms with E-state index in [-0.39, 0.29) is 17.5 Å². The van der Waals surface area contributed by atoms with Gasteiger partial charge >= 0.3 is 0 Å². The molecule has 0 bridgehead atoms. The summed E-state index contributed by atoms with van der Waals surface area (Å²) in [5, 5.41) is 0. The van der Waals surface area contributed by atoms with Crippen LogP contribution in [0.3, 0.4) is 0 Å². The number of carbonyl (C=O) groups is 2. The standard InChI is InChI=1S/C16H24O2/c1-12(2)6-4-7-13(3)10-11-14-15(17)8-5-9-16(14)18/h6,10,14H,4-5,7-9,11H2,1-3H3. The number of Topliss-reactive ketones (excluding diaryl/α,β-unsaturated/α-hetero) is 2. The van der Waals surface area contributed by atoms with E-state index in [1.165, 1.54) is 11.1 Å². The molecule has 0 heterocycles. The summed E-state index contributed by atoms with van der Waals surface area (Å²) in [7, 11) is 0. The Hall–Kier alpha value is -1.18. The molecule has 1 saturated carbocycles. The second-order valence-corrected chi connectivity index (χ2v) is 5.45. The number of ketones is 2. The molecule has 0 aliphatic heterocycles. The Kier molecular flexibility index (Phi) is 6.03. The average Bonchev–Trinajstić information content (AvgIpc) is 2.27. The first-order valence-corrected chi connectivity index (χ1v) is 6.85. The maximum Gasteiger partial charge on any atom is 0.143 e. The van der Waals surface area contributed by atoms with E-state index in [2.05, 4.69) is 32.9 Å². The van der Waals surface area contributed by atoms with Gasteiger partial charge in [0, 0.05) is 12.8 Å². The fourth-order valence-corrected chi connectivity index (χ4v) is 2.24. The van der Waals surface area contributed by atoms with E-state index in [1.54, 1.807) is 0 Å². The first-order valence-electron chi connectivity index (χ1n) is 6.85. The molecule has 0 spiro atoms. The Bertz CT molecular complexity index is 355. The molecule has 2 heteroatoms. The van der Waals surface area contributed by atoms with Crippen LogP contribution in [-0.4, -0.2) is 11.6 Å². The fraction of sp³-hybridized carbons (Fsp3) is 0.625. The number of allylic oxidation sites excluding steroid dienone is 4. The van der Waals surface area contributed by atoms with Gasteiger partial charge in [-0.2, -0.15) is 0 Å². The molecule has 1 fully saturated rings. The lowest BCUT2D eigenvalue weighted by molar-refractivity contribution is -0.135. The topological polar surface area (TPSA) is 34.1 Å². The van der Waals surface area contributed by atoms with Gasteiger partial charge in [0.1, 0.15) is 11.6 Å². The van der Waals surface area contributed by atoms with Crippen LogP contribution in [0.25, 0.3) is 0 Å². The van der Waals surface area contributed by atoms with Crippen molar-refractivity contribution >= 4 is 11.6 Å². The lowest BCUT2D eigenvalue weighted by atomic mass is 9.84. The highest BCUT2D eigenvalue weighted by Crippen LogP contribution is 2.21. The first kappa shape index (κ1) is 14.9. The zero-order valence-corrected chi connectivity index (χ0v) is 11.8. The molecule has 0 N–H and O–H groups in total. The highest BCUT2D eigenvalue weighted by Gasteiger charge is 2.28. The molecule has 18 heavy (non-hydrogen) atoms. The van der Waals surface area contributed by atoms with Crippen molar-refractivity contribution in [2.24, 2.45) is 5.92 Å². The second-order valence-electron chi connectivity index (χ2n) is 5.45. The number of hydrogen-bond acceptors (Lipinski definition) is 2. The van der Waals surface area contributed by atoms with Crippen molar-refractivity contribution in [3.8, 4) is 0 Å². The van der Waals surface area contributed by atoms with Crippen LogP contribution in [0.2, 0.25) is 0 Å². The Morgan fingerprint density at radius 3 is 2.28 bits per heavy atom. The Morgan fingerprint density at radius 1 is 1.11 bits per heavy atom. The summed E-state index contributed by atoms with van der Waals surface area (Å²) in [5.41, 5.74) is 2.61. The summed E-state index contributed by atoms with van der Waals surface area (Å²) in [4.78, 5) is 23.3. The van der Waals surface area contributed by atoms with Gasteiger partial charge < -0.3 is 0 Å². The molecule has 1 aliphatic carbocycles. The molecule has 0 amide bonds. The molecule has 0 aromatic rings. The van der Waals surface area contributed by atoms with Crippen molar-refractivity contribution in [3.63, 3.8) is 0 Å². The van der Waals surface area contributed by atoms with Gasteiger partial charge in [0.05, 0.1) is 5.92 Å². The van der Waals surface area contributed by atoms with Gasteiger partial charge in [-0.3, -0.25) is 9.59 Å². The highest BCUT2D eigenvalue weighted by molar-refractivity contribution is 6.04. The molecule has 0 aromatic carbocycles. The number of rotatable bonds is 5. The van der Waals surface area contributed by atoms with Gasteiger partial charge in [-0.15, -0.1) is 0 Å². The molecule has 1 aliphatic rings. The zero-order valence-electron chi connectivity index (χ0n) is 11.8.